The standard InChI is InChI=1S/C35H30F6N2O5/c1-21-4-2-5-22(14-21)19-43(30(33(46)47)12-13-31(42)44)32(45)25-10-8-24(9-11-25)26-7-3-6-23(15-26)20-48-29-17-27(34(36,37)38)16-28(18-29)35(39,40)41/h2-11,14-18,30H,12-13,19-20H2,1H3,(H2,42,44)(H,46,47)/t30-/m0/s1. The summed E-state index contributed by atoms with van der Waals surface area (Å²) in [7, 11) is 0. The van der Waals surface area contributed by atoms with Gasteiger partial charge in [0.1, 0.15) is 18.4 Å². The lowest BCUT2D eigenvalue weighted by molar-refractivity contribution is -0.144. The lowest BCUT2D eigenvalue weighted by Crippen LogP contribution is -2.45. The van der Waals surface area contributed by atoms with Gasteiger partial charge >= 0.3 is 18.3 Å². The van der Waals surface area contributed by atoms with Crippen LogP contribution in [0, 0.1) is 6.92 Å². The van der Waals surface area contributed by atoms with E-state index in [1.54, 1.807) is 48.5 Å². The number of carboxylic acid groups (broad SMARTS) is 1. The summed E-state index contributed by atoms with van der Waals surface area (Å²) in [5.74, 6) is -3.20. The normalized spacial score (nSPS) is 12.3. The van der Waals surface area contributed by atoms with Crippen LogP contribution in [0.1, 0.15) is 51.0 Å². The smallest absolute Gasteiger partial charge is 0.416 e. The number of hydrogen-bond acceptors (Lipinski definition) is 4. The third-order valence-corrected chi connectivity index (χ3v) is 7.38. The first-order valence-corrected chi connectivity index (χ1v) is 14.5. The molecule has 4 rings (SSSR count). The molecule has 1 atom stereocenters. The van der Waals surface area contributed by atoms with E-state index in [2.05, 4.69) is 0 Å². The number of alkyl halides is 6. The Morgan fingerprint density at radius 3 is 1.96 bits per heavy atom. The zero-order valence-electron chi connectivity index (χ0n) is 25.4. The molecule has 13 heteroatoms. The first-order valence-electron chi connectivity index (χ1n) is 14.5. The molecule has 252 valence electrons. The van der Waals surface area contributed by atoms with E-state index in [9.17, 15) is 45.8 Å². The Morgan fingerprint density at radius 1 is 0.792 bits per heavy atom. The van der Waals surface area contributed by atoms with Crippen LogP contribution in [0.5, 0.6) is 5.75 Å². The molecule has 0 aliphatic carbocycles. The fourth-order valence-corrected chi connectivity index (χ4v) is 5.01. The van der Waals surface area contributed by atoms with Crippen LogP contribution in [0.15, 0.2) is 91.0 Å². The number of nitrogens with zero attached hydrogens (tertiary/aromatic N) is 1. The van der Waals surface area contributed by atoms with E-state index in [4.69, 9.17) is 10.5 Å². The van der Waals surface area contributed by atoms with Crippen molar-refractivity contribution in [2.45, 2.75) is 51.3 Å². The van der Waals surface area contributed by atoms with Crippen LogP contribution < -0.4 is 10.5 Å². The molecule has 0 aliphatic heterocycles. The zero-order chi connectivity index (χ0) is 35.2. The molecule has 2 amide bonds. The molecule has 0 saturated heterocycles. The minimum atomic E-state index is -5.01. The Balaban J connectivity index is 1.56. The van der Waals surface area contributed by atoms with Gasteiger partial charge in [0.15, 0.2) is 0 Å². The van der Waals surface area contributed by atoms with Gasteiger partial charge < -0.3 is 20.5 Å². The van der Waals surface area contributed by atoms with Crippen LogP contribution >= 0.6 is 0 Å². The summed E-state index contributed by atoms with van der Waals surface area (Å²) in [6.07, 6.45) is -10.5. The Morgan fingerprint density at radius 2 is 1.40 bits per heavy atom. The van der Waals surface area contributed by atoms with Crippen LogP contribution in [-0.2, 0) is 35.1 Å². The number of halogens is 6. The average Bonchev–Trinajstić information content (AvgIpc) is 3.02. The molecule has 3 N–H and O–H groups in total. The van der Waals surface area contributed by atoms with Gasteiger partial charge in [-0.1, -0.05) is 60.2 Å². The van der Waals surface area contributed by atoms with Gasteiger partial charge in [-0.3, -0.25) is 9.59 Å². The number of carbonyl (C=O) groups is 3. The topological polar surface area (TPSA) is 110 Å². The summed E-state index contributed by atoms with van der Waals surface area (Å²) in [5.41, 5.74) is 5.69. The number of carboxylic acids is 1. The molecule has 0 fully saturated rings. The molecule has 0 heterocycles. The first-order chi connectivity index (χ1) is 22.5. The summed E-state index contributed by atoms with van der Waals surface area (Å²) in [4.78, 5) is 38.5. The Labute approximate surface area is 271 Å². The minimum Gasteiger partial charge on any atom is -0.489 e. The number of amides is 2. The number of carbonyl (C=O) groups excluding carboxylic acids is 2. The van der Waals surface area contributed by atoms with E-state index in [0.29, 0.717) is 34.4 Å². The SMILES string of the molecule is Cc1cccc(CN(C(=O)c2ccc(-c3cccc(COc4cc(C(F)(F)F)cc(C(F)(F)F)c4)c3)cc2)[C@@H](CCC(N)=O)C(=O)O)c1. The number of rotatable bonds is 12. The molecular formula is C35H30F6N2O5. The van der Waals surface area contributed by atoms with Gasteiger partial charge in [0, 0.05) is 18.5 Å². The van der Waals surface area contributed by atoms with Crippen molar-refractivity contribution in [2.75, 3.05) is 0 Å². The third kappa shape index (κ3) is 9.36. The fraction of sp³-hybridized carbons (Fsp3) is 0.229. The number of benzene rings is 4. The second-order valence-electron chi connectivity index (χ2n) is 11.1. The lowest BCUT2D eigenvalue weighted by Gasteiger charge is -2.29. The van der Waals surface area contributed by atoms with Crippen molar-refractivity contribution in [1.29, 1.82) is 0 Å². The maximum atomic E-state index is 13.7. The van der Waals surface area contributed by atoms with E-state index >= 15 is 0 Å². The summed E-state index contributed by atoms with van der Waals surface area (Å²) >= 11 is 0. The molecule has 0 spiro atoms. The van der Waals surface area contributed by atoms with E-state index in [-0.39, 0.29) is 37.6 Å². The quantitative estimate of drug-likeness (QED) is 0.150. The first kappa shape index (κ1) is 35.5. The molecule has 0 aliphatic rings. The largest absolute Gasteiger partial charge is 0.489 e. The van der Waals surface area contributed by atoms with E-state index < -0.39 is 53.1 Å². The second-order valence-corrected chi connectivity index (χ2v) is 11.1. The van der Waals surface area contributed by atoms with Gasteiger partial charge in [0.2, 0.25) is 5.91 Å². The van der Waals surface area contributed by atoms with Crippen LogP contribution in [0.3, 0.4) is 0 Å². The molecule has 0 saturated carbocycles. The third-order valence-electron chi connectivity index (χ3n) is 7.38. The Bertz CT molecular complexity index is 1760. The Kier molecular flexibility index (Phi) is 10.8. The number of primary amides is 1. The monoisotopic (exact) mass is 672 g/mol. The Hall–Kier alpha value is -5.33. The predicted octanol–water partition coefficient (Wildman–Crippen LogP) is 7.64. The van der Waals surface area contributed by atoms with Crippen molar-refractivity contribution >= 4 is 17.8 Å². The van der Waals surface area contributed by atoms with Gasteiger partial charge in [-0.2, -0.15) is 26.3 Å². The highest BCUT2D eigenvalue weighted by atomic mass is 19.4. The van der Waals surface area contributed by atoms with Gasteiger partial charge in [-0.05, 0) is 72.0 Å². The molecule has 7 nitrogen and oxygen atoms in total. The summed E-state index contributed by atoms with van der Waals surface area (Å²) in [6.45, 7) is 1.47. The van der Waals surface area contributed by atoms with Crippen molar-refractivity contribution < 1.29 is 50.6 Å². The van der Waals surface area contributed by atoms with Gasteiger partial charge in [-0.25, -0.2) is 4.79 Å². The average molecular weight is 673 g/mol. The molecule has 4 aromatic rings. The number of ether oxygens (including phenoxy) is 1. The van der Waals surface area contributed by atoms with Crippen LogP contribution in [0.2, 0.25) is 0 Å². The van der Waals surface area contributed by atoms with Crippen LogP contribution in [0.25, 0.3) is 11.1 Å². The van der Waals surface area contributed by atoms with Crippen molar-refractivity contribution in [3.63, 3.8) is 0 Å². The number of nitrogens with two attached hydrogens (primary N) is 1. The predicted molar refractivity (Wildman–Crippen MR) is 164 cm³/mol. The van der Waals surface area contributed by atoms with Crippen molar-refractivity contribution in [3.8, 4) is 16.9 Å². The highest BCUT2D eigenvalue weighted by Gasteiger charge is 2.37. The summed E-state index contributed by atoms with van der Waals surface area (Å²) < 4.78 is 84.7. The zero-order valence-corrected chi connectivity index (χ0v) is 25.4. The lowest BCUT2D eigenvalue weighted by atomic mass is 10.0. The van der Waals surface area contributed by atoms with Crippen LogP contribution in [-0.4, -0.2) is 33.8 Å². The van der Waals surface area contributed by atoms with Gasteiger partial charge in [0.05, 0.1) is 11.1 Å². The highest BCUT2D eigenvalue weighted by molar-refractivity contribution is 5.97. The molecule has 0 bridgehead atoms. The molecule has 0 radical (unpaired) electrons. The minimum absolute atomic E-state index is 0.0205. The maximum Gasteiger partial charge on any atom is 0.416 e. The highest BCUT2D eigenvalue weighted by Crippen LogP contribution is 2.38. The fourth-order valence-electron chi connectivity index (χ4n) is 5.01. The summed E-state index contributed by atoms with van der Waals surface area (Å²) in [5, 5.41) is 9.96. The summed E-state index contributed by atoms with van der Waals surface area (Å²) in [6, 6.07) is 19.6. The van der Waals surface area contributed by atoms with Crippen LogP contribution in [0.4, 0.5) is 26.3 Å². The molecule has 4 aromatic carbocycles. The number of aliphatic carboxylic acids is 1. The van der Waals surface area contributed by atoms with E-state index in [0.717, 1.165) is 5.56 Å². The molecule has 0 aromatic heterocycles. The maximum absolute atomic E-state index is 13.7. The van der Waals surface area contributed by atoms with Crippen molar-refractivity contribution in [1.82, 2.24) is 4.90 Å². The second kappa shape index (κ2) is 14.6. The number of aryl methyl sites for hydroxylation is 1. The van der Waals surface area contributed by atoms with E-state index in [1.807, 2.05) is 19.1 Å². The molecule has 48 heavy (non-hydrogen) atoms. The molecular weight excluding hydrogens is 642 g/mol. The van der Waals surface area contributed by atoms with Gasteiger partial charge in [-0.15, -0.1) is 0 Å². The number of hydrogen-bond donors (Lipinski definition) is 2. The van der Waals surface area contributed by atoms with Crippen molar-refractivity contribution in [3.05, 3.63) is 124 Å². The molecule has 0 unspecified atom stereocenters. The van der Waals surface area contributed by atoms with Gasteiger partial charge in [0.25, 0.3) is 5.91 Å². The van der Waals surface area contributed by atoms with E-state index in [1.165, 1.54) is 17.0 Å². The van der Waals surface area contributed by atoms with Crippen molar-refractivity contribution in [2.24, 2.45) is 5.73 Å².